The summed E-state index contributed by atoms with van der Waals surface area (Å²) in [5, 5.41) is 17.2. The average molecular weight is 717 g/mol. The number of para-hydroxylation sites is 1. The third-order valence-corrected chi connectivity index (χ3v) is 12.9. The first-order valence-electron chi connectivity index (χ1n) is 19.8. The summed E-state index contributed by atoms with van der Waals surface area (Å²) in [5.74, 6) is 2.16. The van der Waals surface area contributed by atoms with Crippen molar-refractivity contribution in [1.82, 2.24) is 4.57 Å². The first-order valence-corrected chi connectivity index (χ1v) is 19.8. The van der Waals surface area contributed by atoms with Crippen LogP contribution in [0.2, 0.25) is 0 Å². The molecule has 0 aliphatic heterocycles. The van der Waals surface area contributed by atoms with E-state index in [2.05, 4.69) is 181 Å². The summed E-state index contributed by atoms with van der Waals surface area (Å²) < 4.78 is 9.42. The number of hydrogen-bond donors (Lipinski definition) is 0. The molecule has 2 aromatic heterocycles. The van der Waals surface area contributed by atoms with Gasteiger partial charge >= 0.3 is 0 Å². The minimum absolute atomic E-state index is 0.167. The van der Waals surface area contributed by atoms with Gasteiger partial charge in [-0.25, -0.2) is 0 Å². The van der Waals surface area contributed by atoms with Crippen LogP contribution in [0, 0.1) is 29.1 Å². The Morgan fingerprint density at radius 2 is 1.54 bits per heavy atom. The average Bonchev–Trinajstić information content (AvgIpc) is 3.82. The number of fused-ring (bicyclic) bond motifs is 12. The maximum absolute atomic E-state index is 9.95. The maximum Gasteiger partial charge on any atom is 0.143 e. The monoisotopic (exact) mass is 716 g/mol. The van der Waals surface area contributed by atoms with Crippen LogP contribution in [-0.2, 0) is 0 Å². The number of benzene rings is 5. The molecule has 3 heteroatoms. The zero-order valence-electron chi connectivity index (χ0n) is 30.6. The van der Waals surface area contributed by atoms with Gasteiger partial charge in [-0.2, -0.15) is 5.26 Å². The number of aromatic nitrogens is 1. The summed E-state index contributed by atoms with van der Waals surface area (Å²) in [6.45, 7) is 0. The highest BCUT2D eigenvalue weighted by Gasteiger charge is 2.40. The highest BCUT2D eigenvalue weighted by Crippen LogP contribution is 2.54. The van der Waals surface area contributed by atoms with Gasteiger partial charge in [0.2, 0.25) is 0 Å². The van der Waals surface area contributed by atoms with Crippen LogP contribution < -0.4 is 10.6 Å². The molecule has 56 heavy (non-hydrogen) atoms. The standard InChI is InChI=1S/C53H36N2O/c54-31-32-22-25-46-43(28-32)44-30-35(23-26-47(44)55(46)36-14-2-1-3-15-36)49-39-18-8-10-20-41(39)50(42-21-11-9-19-40(42)49)45-29-34-13-5-7-17-38(34)52-51-37-16-6-4-12-33(37)24-27-48(51)56-53(45)52/h1-22,24-30,33,35,37,39,49H,23H2. The summed E-state index contributed by atoms with van der Waals surface area (Å²) >= 11 is 0. The van der Waals surface area contributed by atoms with Crippen LogP contribution in [0.25, 0.3) is 62.1 Å². The van der Waals surface area contributed by atoms with Crippen molar-refractivity contribution in [3.05, 3.63) is 208 Å². The van der Waals surface area contributed by atoms with Crippen LogP contribution in [-0.4, -0.2) is 4.57 Å². The Kier molecular flexibility index (Phi) is 6.77. The van der Waals surface area contributed by atoms with Crippen molar-refractivity contribution >= 4 is 56.4 Å². The number of allylic oxidation sites excluding steroid dienone is 10. The largest absolute Gasteiger partial charge is 0.456 e. The van der Waals surface area contributed by atoms with E-state index in [1.807, 2.05) is 6.07 Å². The lowest BCUT2D eigenvalue weighted by atomic mass is 9.63. The van der Waals surface area contributed by atoms with Crippen molar-refractivity contribution in [1.29, 1.82) is 5.26 Å². The predicted molar refractivity (Wildman–Crippen MR) is 229 cm³/mol. The smallest absolute Gasteiger partial charge is 0.143 e. The first-order chi connectivity index (χ1) is 27.7. The Balaban J connectivity index is 1.09. The van der Waals surface area contributed by atoms with Gasteiger partial charge in [0.15, 0.2) is 0 Å². The highest BCUT2D eigenvalue weighted by molar-refractivity contribution is 6.14. The van der Waals surface area contributed by atoms with E-state index in [9.17, 15) is 5.26 Å². The highest BCUT2D eigenvalue weighted by atomic mass is 16.3. The van der Waals surface area contributed by atoms with Crippen molar-refractivity contribution in [3.8, 4) is 11.8 Å². The SMILES string of the molecule is N#Cc1ccc2c(c1)c1c(n2-c2ccccc2)=CCC(C2c3ccccc3C(c3cc4ccccc4c4c5c(oc34)C=CC3C=CC=CC53)=C3C=CC=CC32)C=1. The van der Waals surface area contributed by atoms with E-state index in [4.69, 9.17) is 4.42 Å². The van der Waals surface area contributed by atoms with Gasteiger partial charge in [0.25, 0.3) is 0 Å². The molecule has 12 rings (SSSR count). The second-order valence-corrected chi connectivity index (χ2v) is 15.8. The zero-order chi connectivity index (χ0) is 36.9. The van der Waals surface area contributed by atoms with E-state index in [-0.39, 0.29) is 23.7 Å². The molecule has 5 unspecified atom stereocenters. The van der Waals surface area contributed by atoms with Crippen LogP contribution in [0.4, 0.5) is 0 Å². The molecule has 0 saturated carbocycles. The van der Waals surface area contributed by atoms with Crippen LogP contribution >= 0.6 is 0 Å². The number of rotatable bonds is 3. The van der Waals surface area contributed by atoms with Crippen molar-refractivity contribution in [2.75, 3.05) is 0 Å². The van der Waals surface area contributed by atoms with Crippen LogP contribution in [0.1, 0.15) is 51.8 Å². The molecule has 5 aliphatic rings. The topological polar surface area (TPSA) is 41.9 Å². The van der Waals surface area contributed by atoms with E-state index < -0.39 is 0 Å². The molecular weight excluding hydrogens is 681 g/mol. The number of nitrogens with zero attached hydrogens (tertiary/aromatic N) is 2. The summed E-state index contributed by atoms with van der Waals surface area (Å²) in [7, 11) is 0. The molecule has 0 amide bonds. The number of nitriles is 1. The minimum atomic E-state index is 0.167. The Labute approximate surface area is 324 Å². The summed E-state index contributed by atoms with van der Waals surface area (Å²) in [5.41, 5.74) is 11.6. The summed E-state index contributed by atoms with van der Waals surface area (Å²) in [6, 6.07) is 39.4. The first kappa shape index (κ1) is 31.5. The van der Waals surface area contributed by atoms with Crippen LogP contribution in [0.5, 0.6) is 0 Å². The number of furan rings is 1. The van der Waals surface area contributed by atoms with E-state index in [0.717, 1.165) is 39.9 Å². The van der Waals surface area contributed by atoms with E-state index in [1.165, 1.54) is 54.6 Å². The van der Waals surface area contributed by atoms with Gasteiger partial charge in [-0.3, -0.25) is 0 Å². The van der Waals surface area contributed by atoms with Gasteiger partial charge in [0.1, 0.15) is 11.3 Å². The maximum atomic E-state index is 9.95. The quantitative estimate of drug-likeness (QED) is 0.183. The van der Waals surface area contributed by atoms with Crippen molar-refractivity contribution in [2.45, 2.75) is 18.3 Å². The Morgan fingerprint density at radius 3 is 2.46 bits per heavy atom. The van der Waals surface area contributed by atoms with E-state index >= 15 is 0 Å². The van der Waals surface area contributed by atoms with Gasteiger partial charge in [0.05, 0.1) is 17.1 Å². The van der Waals surface area contributed by atoms with Gasteiger partial charge in [-0.15, -0.1) is 0 Å². The molecule has 5 aliphatic carbocycles. The summed E-state index contributed by atoms with van der Waals surface area (Å²) in [4.78, 5) is 0. The number of hydrogen-bond acceptors (Lipinski definition) is 2. The minimum Gasteiger partial charge on any atom is -0.456 e. The molecule has 0 radical (unpaired) electrons. The van der Waals surface area contributed by atoms with Gasteiger partial charge in [-0.1, -0.05) is 134 Å². The van der Waals surface area contributed by atoms with Crippen LogP contribution in [0.3, 0.4) is 0 Å². The van der Waals surface area contributed by atoms with Crippen molar-refractivity contribution < 1.29 is 4.42 Å². The molecule has 264 valence electrons. The fourth-order valence-electron chi connectivity index (χ4n) is 10.6. The third-order valence-electron chi connectivity index (χ3n) is 12.9. The molecule has 0 spiro atoms. The Hall–Kier alpha value is -6.89. The van der Waals surface area contributed by atoms with Gasteiger partial charge < -0.3 is 8.98 Å². The van der Waals surface area contributed by atoms with Gasteiger partial charge in [0, 0.05) is 61.8 Å². The van der Waals surface area contributed by atoms with Crippen LogP contribution in [0.15, 0.2) is 168 Å². The molecule has 0 bridgehead atoms. The van der Waals surface area contributed by atoms with Crippen molar-refractivity contribution in [2.24, 2.45) is 17.8 Å². The lowest BCUT2D eigenvalue weighted by Gasteiger charge is -2.40. The molecule has 0 fully saturated rings. The molecule has 5 atom stereocenters. The van der Waals surface area contributed by atoms with Crippen molar-refractivity contribution in [3.63, 3.8) is 0 Å². The molecular formula is C53H36N2O. The molecule has 5 aromatic carbocycles. The third kappa shape index (κ3) is 4.45. The molecule has 2 heterocycles. The Bertz CT molecular complexity index is 3200. The van der Waals surface area contributed by atoms with Gasteiger partial charge in [-0.05, 0) is 87.9 Å². The molecule has 3 nitrogen and oxygen atoms in total. The second kappa shape index (κ2) is 12.1. The molecule has 0 saturated heterocycles. The fraction of sp³-hybridized carbons (Fsp3) is 0.113. The van der Waals surface area contributed by atoms with E-state index in [1.54, 1.807) is 0 Å². The fourth-order valence-corrected chi connectivity index (χ4v) is 10.6. The molecule has 0 N–H and O–H groups in total. The Morgan fingerprint density at radius 1 is 0.714 bits per heavy atom. The lowest BCUT2D eigenvalue weighted by Crippen LogP contribution is -2.35. The second-order valence-electron chi connectivity index (χ2n) is 15.8. The van der Waals surface area contributed by atoms with E-state index in [0.29, 0.717) is 11.5 Å². The lowest BCUT2D eigenvalue weighted by molar-refractivity contribution is 0.461. The molecule has 7 aromatic rings. The summed E-state index contributed by atoms with van der Waals surface area (Å²) in [6.07, 6.45) is 28.6. The predicted octanol–water partition coefficient (Wildman–Crippen LogP) is 11.2. The normalized spacial score (nSPS) is 22.6. The zero-order valence-corrected chi connectivity index (χ0v) is 30.6.